The molecule has 2 aromatic rings. The van der Waals surface area contributed by atoms with Crippen LogP contribution in [0.2, 0.25) is 5.02 Å². The van der Waals surface area contributed by atoms with Crippen molar-refractivity contribution in [3.8, 4) is 5.75 Å². The largest absolute Gasteiger partial charge is 0.486 e. The molecule has 0 bridgehead atoms. The number of carboxylic acids is 1. The van der Waals surface area contributed by atoms with Gasteiger partial charge in [-0.1, -0.05) is 11.6 Å². The van der Waals surface area contributed by atoms with E-state index < -0.39 is 5.97 Å². The maximum atomic E-state index is 12.2. The molecule has 1 heterocycles. The Bertz CT molecular complexity index is 718. The van der Waals surface area contributed by atoms with Crippen LogP contribution in [0.5, 0.6) is 5.75 Å². The van der Waals surface area contributed by atoms with Crippen LogP contribution in [0.3, 0.4) is 0 Å². The van der Waals surface area contributed by atoms with Gasteiger partial charge >= 0.3 is 5.97 Å². The summed E-state index contributed by atoms with van der Waals surface area (Å²) in [4.78, 5) is 28.8. The van der Waals surface area contributed by atoms with Gasteiger partial charge in [-0.3, -0.25) is 9.59 Å². The SMILES string of the molecule is CCN(CCC(=O)O)C(=O)Cc1csc(COc2ccc(Cl)cc2)n1. The maximum Gasteiger partial charge on any atom is 0.305 e. The van der Waals surface area contributed by atoms with Gasteiger partial charge in [-0.05, 0) is 31.2 Å². The summed E-state index contributed by atoms with van der Waals surface area (Å²) in [5.74, 6) is -0.344. The fourth-order valence-electron chi connectivity index (χ4n) is 2.13. The summed E-state index contributed by atoms with van der Waals surface area (Å²) in [6.45, 7) is 2.83. The van der Waals surface area contributed by atoms with Gasteiger partial charge in [0.15, 0.2) is 0 Å². The number of carbonyl (C=O) groups is 2. The second-order valence-corrected chi connectivity index (χ2v) is 6.65. The van der Waals surface area contributed by atoms with Crippen LogP contribution in [0.4, 0.5) is 0 Å². The Morgan fingerprint density at radius 1 is 1.32 bits per heavy atom. The summed E-state index contributed by atoms with van der Waals surface area (Å²) in [5, 5.41) is 12.0. The Kier molecular flexibility index (Phi) is 7.21. The molecule has 0 saturated heterocycles. The number of benzene rings is 1. The van der Waals surface area contributed by atoms with Crippen molar-refractivity contribution < 1.29 is 19.4 Å². The zero-order valence-electron chi connectivity index (χ0n) is 13.8. The van der Waals surface area contributed by atoms with Crippen molar-refractivity contribution in [1.82, 2.24) is 9.88 Å². The molecule has 8 heteroatoms. The molecule has 1 amide bonds. The molecular weight excluding hydrogens is 364 g/mol. The van der Waals surface area contributed by atoms with Crippen molar-refractivity contribution in [1.29, 1.82) is 0 Å². The van der Waals surface area contributed by atoms with E-state index in [1.54, 1.807) is 24.3 Å². The van der Waals surface area contributed by atoms with Gasteiger partial charge in [-0.2, -0.15) is 0 Å². The maximum absolute atomic E-state index is 12.2. The van der Waals surface area contributed by atoms with Crippen molar-refractivity contribution in [2.45, 2.75) is 26.4 Å². The molecule has 25 heavy (non-hydrogen) atoms. The summed E-state index contributed by atoms with van der Waals surface area (Å²) < 4.78 is 5.63. The van der Waals surface area contributed by atoms with E-state index in [1.165, 1.54) is 16.2 Å². The molecule has 1 aromatic heterocycles. The highest BCUT2D eigenvalue weighted by atomic mass is 35.5. The highest BCUT2D eigenvalue weighted by Gasteiger charge is 2.15. The van der Waals surface area contributed by atoms with Gasteiger partial charge < -0.3 is 14.7 Å². The minimum Gasteiger partial charge on any atom is -0.486 e. The molecule has 0 saturated carbocycles. The first-order valence-electron chi connectivity index (χ1n) is 7.79. The lowest BCUT2D eigenvalue weighted by molar-refractivity contribution is -0.138. The van der Waals surface area contributed by atoms with Gasteiger partial charge in [0, 0.05) is 23.5 Å². The van der Waals surface area contributed by atoms with Crippen molar-refractivity contribution in [3.63, 3.8) is 0 Å². The van der Waals surface area contributed by atoms with Gasteiger partial charge in [0.1, 0.15) is 17.4 Å². The predicted octanol–water partition coefficient (Wildman–Crippen LogP) is 3.24. The average molecular weight is 383 g/mol. The fourth-order valence-corrected chi connectivity index (χ4v) is 2.96. The van der Waals surface area contributed by atoms with Crippen molar-refractivity contribution in [3.05, 3.63) is 45.4 Å². The third-order valence-corrected chi connectivity index (χ3v) is 4.56. The standard InChI is InChI=1S/C17H19ClN2O4S/c1-2-20(8-7-17(22)23)16(21)9-13-11-25-15(19-13)10-24-14-5-3-12(18)4-6-14/h3-6,11H,2,7-10H2,1H3,(H,22,23). The van der Waals surface area contributed by atoms with Gasteiger partial charge in [0.25, 0.3) is 0 Å². The molecule has 6 nitrogen and oxygen atoms in total. The Labute approximate surface area is 155 Å². The summed E-state index contributed by atoms with van der Waals surface area (Å²) in [7, 11) is 0. The number of likely N-dealkylation sites (N-methyl/N-ethyl adjacent to an activating group) is 1. The number of thiazole rings is 1. The zero-order chi connectivity index (χ0) is 18.2. The number of halogens is 1. The molecule has 1 N–H and O–H groups in total. The minimum absolute atomic E-state index is 0.0587. The van der Waals surface area contributed by atoms with Crippen LogP contribution >= 0.6 is 22.9 Å². The summed E-state index contributed by atoms with van der Waals surface area (Å²) in [5.41, 5.74) is 0.665. The molecule has 1 aromatic carbocycles. The zero-order valence-corrected chi connectivity index (χ0v) is 15.3. The number of hydrogen-bond donors (Lipinski definition) is 1. The van der Waals surface area contributed by atoms with E-state index in [4.69, 9.17) is 21.4 Å². The number of rotatable bonds is 9. The Hall–Kier alpha value is -2.12. The summed E-state index contributed by atoms with van der Waals surface area (Å²) in [6, 6.07) is 7.06. The molecule has 0 spiro atoms. The molecular formula is C17H19ClN2O4S. The molecule has 134 valence electrons. The first kappa shape index (κ1) is 19.2. The van der Waals surface area contributed by atoms with E-state index in [-0.39, 0.29) is 25.3 Å². The molecule has 0 fully saturated rings. The van der Waals surface area contributed by atoms with Crippen LogP contribution in [0.25, 0.3) is 0 Å². The summed E-state index contributed by atoms with van der Waals surface area (Å²) in [6.07, 6.45) is 0.0989. The molecule has 0 aliphatic rings. The average Bonchev–Trinajstić information content (AvgIpc) is 3.02. The lowest BCUT2D eigenvalue weighted by Crippen LogP contribution is -2.34. The van der Waals surface area contributed by atoms with Crippen LogP contribution in [0.1, 0.15) is 24.0 Å². The van der Waals surface area contributed by atoms with Crippen LogP contribution in [0, 0.1) is 0 Å². The predicted molar refractivity (Wildman–Crippen MR) is 96.1 cm³/mol. The molecule has 0 atom stereocenters. The van der Waals surface area contributed by atoms with Gasteiger partial charge in [-0.25, -0.2) is 4.98 Å². The number of aromatic nitrogens is 1. The number of ether oxygens (including phenoxy) is 1. The quantitative estimate of drug-likeness (QED) is 0.720. The van der Waals surface area contributed by atoms with E-state index in [0.29, 0.717) is 29.6 Å². The van der Waals surface area contributed by atoms with Crippen LogP contribution in [0.15, 0.2) is 29.6 Å². The summed E-state index contributed by atoms with van der Waals surface area (Å²) >= 11 is 7.25. The first-order chi connectivity index (χ1) is 12.0. The van der Waals surface area contributed by atoms with Crippen LogP contribution < -0.4 is 4.74 Å². The van der Waals surface area contributed by atoms with Crippen molar-refractivity contribution in [2.75, 3.05) is 13.1 Å². The van der Waals surface area contributed by atoms with E-state index in [9.17, 15) is 9.59 Å². The van der Waals surface area contributed by atoms with E-state index in [1.807, 2.05) is 12.3 Å². The molecule has 0 aliphatic heterocycles. The van der Waals surface area contributed by atoms with Crippen molar-refractivity contribution in [2.24, 2.45) is 0 Å². The number of hydrogen-bond acceptors (Lipinski definition) is 5. The highest BCUT2D eigenvalue weighted by molar-refractivity contribution is 7.09. The first-order valence-corrected chi connectivity index (χ1v) is 9.05. The number of amides is 1. The number of nitrogens with zero attached hydrogens (tertiary/aromatic N) is 2. The fraction of sp³-hybridized carbons (Fsp3) is 0.353. The normalized spacial score (nSPS) is 10.5. The third kappa shape index (κ3) is 6.36. The lowest BCUT2D eigenvalue weighted by atomic mass is 10.2. The van der Waals surface area contributed by atoms with Gasteiger partial charge in [0.2, 0.25) is 5.91 Å². The minimum atomic E-state index is -0.915. The topological polar surface area (TPSA) is 79.7 Å². The van der Waals surface area contributed by atoms with Crippen molar-refractivity contribution >= 4 is 34.8 Å². The Morgan fingerprint density at radius 3 is 2.68 bits per heavy atom. The second-order valence-electron chi connectivity index (χ2n) is 5.27. The monoisotopic (exact) mass is 382 g/mol. The molecule has 0 unspecified atom stereocenters. The van der Waals surface area contributed by atoms with Gasteiger partial charge in [0.05, 0.1) is 18.5 Å². The number of carboxylic acid groups (broad SMARTS) is 1. The molecule has 2 rings (SSSR count). The van der Waals surface area contributed by atoms with Gasteiger partial charge in [-0.15, -0.1) is 11.3 Å². The number of aliphatic carboxylic acids is 1. The smallest absolute Gasteiger partial charge is 0.305 e. The molecule has 0 radical (unpaired) electrons. The van der Waals surface area contributed by atoms with E-state index >= 15 is 0 Å². The third-order valence-electron chi connectivity index (χ3n) is 3.44. The Morgan fingerprint density at radius 2 is 2.04 bits per heavy atom. The van der Waals surface area contributed by atoms with E-state index in [2.05, 4.69) is 4.98 Å². The van der Waals surface area contributed by atoms with Crippen LogP contribution in [-0.2, 0) is 22.6 Å². The lowest BCUT2D eigenvalue weighted by Gasteiger charge is -2.19. The second kappa shape index (κ2) is 9.39. The number of carbonyl (C=O) groups excluding carboxylic acids is 1. The molecule has 0 aliphatic carbocycles. The Balaban J connectivity index is 1.86. The van der Waals surface area contributed by atoms with E-state index in [0.717, 1.165) is 5.01 Å². The van der Waals surface area contributed by atoms with Crippen LogP contribution in [-0.4, -0.2) is 40.0 Å². The highest BCUT2D eigenvalue weighted by Crippen LogP contribution is 2.18.